The third-order valence-electron chi connectivity index (χ3n) is 7.79. The van der Waals surface area contributed by atoms with Gasteiger partial charge >= 0.3 is 0 Å². The first-order valence-corrected chi connectivity index (χ1v) is 11.6. The molecular formula is C24H31N3O4. The van der Waals surface area contributed by atoms with Gasteiger partial charge in [0.15, 0.2) is 0 Å². The third-order valence-corrected chi connectivity index (χ3v) is 7.79. The number of anilines is 1. The Bertz CT molecular complexity index is 896. The van der Waals surface area contributed by atoms with Crippen LogP contribution in [-0.4, -0.2) is 62.0 Å². The van der Waals surface area contributed by atoms with Crippen molar-refractivity contribution in [3.63, 3.8) is 0 Å². The van der Waals surface area contributed by atoms with E-state index in [1.165, 1.54) is 0 Å². The first-order chi connectivity index (χ1) is 15.0. The standard InChI is InChI=1S/C24H31N3O4/c1-26-20-6-5-17(21(28)25-18-7-13-31-14-8-18)15-19(20)24(23(26)30)9-11-27(12-10-24)22(29)16-3-2-4-16/h5-6,15-16,18H,2-4,7-14H2,1H3,(H,25,28). The zero-order chi connectivity index (χ0) is 21.6. The highest BCUT2D eigenvalue weighted by atomic mass is 16.5. The van der Waals surface area contributed by atoms with Crippen molar-refractivity contribution < 1.29 is 19.1 Å². The SMILES string of the molecule is CN1C(=O)C2(CCN(C(=O)C3CCC3)CC2)c2cc(C(=O)NC3CCOCC3)ccc21. The van der Waals surface area contributed by atoms with Gasteiger partial charge in [0, 0.05) is 56.6 Å². The van der Waals surface area contributed by atoms with E-state index in [0.29, 0.717) is 44.7 Å². The largest absolute Gasteiger partial charge is 0.381 e. The molecule has 0 unspecified atom stereocenters. The highest BCUT2D eigenvalue weighted by Crippen LogP contribution is 2.48. The number of carbonyl (C=O) groups is 3. The Kier molecular flexibility index (Phi) is 5.24. The van der Waals surface area contributed by atoms with Crippen LogP contribution in [0.25, 0.3) is 0 Å². The molecule has 1 aliphatic carbocycles. The van der Waals surface area contributed by atoms with Crippen molar-refractivity contribution in [3.05, 3.63) is 29.3 Å². The van der Waals surface area contributed by atoms with E-state index in [0.717, 1.165) is 43.4 Å². The van der Waals surface area contributed by atoms with Gasteiger partial charge < -0.3 is 19.9 Å². The van der Waals surface area contributed by atoms with Crippen LogP contribution in [0.5, 0.6) is 0 Å². The summed E-state index contributed by atoms with van der Waals surface area (Å²) in [6.07, 6.45) is 6.02. The van der Waals surface area contributed by atoms with Gasteiger partial charge in [-0.2, -0.15) is 0 Å². The molecular weight excluding hydrogens is 394 g/mol. The Morgan fingerprint density at radius 2 is 1.81 bits per heavy atom. The van der Waals surface area contributed by atoms with Crippen LogP contribution in [0.1, 0.15) is 60.9 Å². The fourth-order valence-corrected chi connectivity index (χ4v) is 5.51. The maximum atomic E-state index is 13.3. The van der Waals surface area contributed by atoms with E-state index in [-0.39, 0.29) is 29.7 Å². The molecule has 1 saturated carbocycles. The summed E-state index contributed by atoms with van der Waals surface area (Å²) >= 11 is 0. The average molecular weight is 426 g/mol. The quantitative estimate of drug-likeness (QED) is 0.806. The summed E-state index contributed by atoms with van der Waals surface area (Å²) in [5, 5.41) is 3.12. The predicted octanol–water partition coefficient (Wildman–Crippen LogP) is 2.23. The summed E-state index contributed by atoms with van der Waals surface area (Å²) in [6, 6.07) is 5.75. The number of rotatable bonds is 3. The Morgan fingerprint density at radius 3 is 2.45 bits per heavy atom. The minimum atomic E-state index is -0.630. The molecule has 1 spiro atoms. The zero-order valence-corrected chi connectivity index (χ0v) is 18.2. The first kappa shape index (κ1) is 20.5. The second-order valence-electron chi connectivity index (χ2n) is 9.49. The highest BCUT2D eigenvalue weighted by molar-refractivity contribution is 6.09. The second-order valence-corrected chi connectivity index (χ2v) is 9.49. The summed E-state index contributed by atoms with van der Waals surface area (Å²) in [7, 11) is 1.81. The molecule has 2 saturated heterocycles. The number of ether oxygens (including phenoxy) is 1. The lowest BCUT2D eigenvalue weighted by Gasteiger charge is -2.40. The molecule has 0 bridgehead atoms. The van der Waals surface area contributed by atoms with E-state index in [2.05, 4.69) is 5.32 Å². The number of piperidine rings is 1. The molecule has 3 fully saturated rings. The van der Waals surface area contributed by atoms with Crippen molar-refractivity contribution in [1.29, 1.82) is 0 Å². The lowest BCUT2D eigenvalue weighted by atomic mass is 9.72. The van der Waals surface area contributed by atoms with Gasteiger partial charge in [-0.25, -0.2) is 0 Å². The smallest absolute Gasteiger partial charge is 0.251 e. The van der Waals surface area contributed by atoms with Crippen molar-refractivity contribution in [2.45, 2.75) is 56.4 Å². The van der Waals surface area contributed by atoms with Crippen LogP contribution in [-0.2, 0) is 19.7 Å². The number of carbonyl (C=O) groups excluding carboxylic acids is 3. The molecule has 0 radical (unpaired) electrons. The fourth-order valence-electron chi connectivity index (χ4n) is 5.51. The van der Waals surface area contributed by atoms with Gasteiger partial charge in [0.25, 0.3) is 5.91 Å². The molecule has 7 nitrogen and oxygen atoms in total. The van der Waals surface area contributed by atoms with Crippen LogP contribution in [0, 0.1) is 5.92 Å². The summed E-state index contributed by atoms with van der Waals surface area (Å²) < 4.78 is 5.37. The van der Waals surface area contributed by atoms with Gasteiger partial charge in [-0.15, -0.1) is 0 Å². The van der Waals surface area contributed by atoms with E-state index < -0.39 is 5.41 Å². The Balaban J connectivity index is 1.36. The zero-order valence-electron chi connectivity index (χ0n) is 18.2. The summed E-state index contributed by atoms with van der Waals surface area (Å²) in [6.45, 7) is 2.56. The summed E-state index contributed by atoms with van der Waals surface area (Å²) in [4.78, 5) is 42.6. The van der Waals surface area contributed by atoms with Crippen molar-refractivity contribution >= 4 is 23.4 Å². The first-order valence-electron chi connectivity index (χ1n) is 11.6. The monoisotopic (exact) mass is 425 g/mol. The number of benzene rings is 1. The third kappa shape index (κ3) is 3.43. The molecule has 3 aliphatic heterocycles. The molecule has 0 atom stereocenters. The highest BCUT2D eigenvalue weighted by Gasteiger charge is 2.52. The molecule has 5 rings (SSSR count). The lowest BCUT2D eigenvalue weighted by Crippen LogP contribution is -2.51. The van der Waals surface area contributed by atoms with Crippen LogP contribution in [0.2, 0.25) is 0 Å². The topological polar surface area (TPSA) is 79.0 Å². The number of amides is 3. The second kappa shape index (κ2) is 7.93. The molecule has 1 aromatic rings. The van der Waals surface area contributed by atoms with Crippen LogP contribution >= 0.6 is 0 Å². The van der Waals surface area contributed by atoms with Gasteiger partial charge in [-0.05, 0) is 62.3 Å². The van der Waals surface area contributed by atoms with Crippen molar-refractivity contribution in [2.24, 2.45) is 5.92 Å². The molecule has 0 aromatic heterocycles. The number of nitrogens with zero attached hydrogens (tertiary/aromatic N) is 2. The molecule has 1 aromatic carbocycles. The minimum absolute atomic E-state index is 0.0835. The minimum Gasteiger partial charge on any atom is -0.381 e. The van der Waals surface area contributed by atoms with Crippen LogP contribution in [0.3, 0.4) is 0 Å². The Morgan fingerprint density at radius 1 is 1.10 bits per heavy atom. The molecule has 7 heteroatoms. The number of nitrogens with one attached hydrogen (secondary N) is 1. The number of fused-ring (bicyclic) bond motifs is 2. The van der Waals surface area contributed by atoms with E-state index in [9.17, 15) is 14.4 Å². The maximum Gasteiger partial charge on any atom is 0.251 e. The van der Waals surface area contributed by atoms with E-state index in [4.69, 9.17) is 4.74 Å². The fraction of sp³-hybridized carbons (Fsp3) is 0.625. The van der Waals surface area contributed by atoms with Crippen molar-refractivity contribution in [2.75, 3.05) is 38.3 Å². The van der Waals surface area contributed by atoms with E-state index in [1.807, 2.05) is 30.1 Å². The van der Waals surface area contributed by atoms with Gasteiger partial charge in [0.1, 0.15) is 0 Å². The molecule has 3 amide bonds. The predicted molar refractivity (Wildman–Crippen MR) is 116 cm³/mol. The van der Waals surface area contributed by atoms with Crippen LogP contribution in [0.4, 0.5) is 5.69 Å². The normalized spacial score (nSPS) is 23.6. The number of hydrogen-bond acceptors (Lipinski definition) is 4. The van der Waals surface area contributed by atoms with Crippen molar-refractivity contribution in [1.82, 2.24) is 10.2 Å². The lowest BCUT2D eigenvalue weighted by molar-refractivity contribution is -0.141. The van der Waals surface area contributed by atoms with Crippen LogP contribution < -0.4 is 10.2 Å². The van der Waals surface area contributed by atoms with Crippen molar-refractivity contribution in [3.8, 4) is 0 Å². The summed E-state index contributed by atoms with van der Waals surface area (Å²) in [5.41, 5.74) is 1.79. The van der Waals surface area contributed by atoms with E-state index in [1.54, 1.807) is 4.90 Å². The number of hydrogen-bond donors (Lipinski definition) is 1. The Labute approximate surface area is 183 Å². The molecule has 31 heavy (non-hydrogen) atoms. The molecule has 4 aliphatic rings. The van der Waals surface area contributed by atoms with Gasteiger partial charge in [-0.3, -0.25) is 14.4 Å². The molecule has 166 valence electrons. The van der Waals surface area contributed by atoms with Crippen LogP contribution in [0.15, 0.2) is 18.2 Å². The molecule has 1 N–H and O–H groups in total. The number of likely N-dealkylation sites (N-methyl/N-ethyl adjacent to an activating group) is 1. The van der Waals surface area contributed by atoms with E-state index >= 15 is 0 Å². The average Bonchev–Trinajstić information content (AvgIpc) is 2.95. The van der Waals surface area contributed by atoms with Gasteiger partial charge in [0.05, 0.1) is 5.41 Å². The summed E-state index contributed by atoms with van der Waals surface area (Å²) in [5.74, 6) is 0.429. The van der Waals surface area contributed by atoms with Gasteiger partial charge in [0.2, 0.25) is 11.8 Å². The molecule has 3 heterocycles. The number of likely N-dealkylation sites (tertiary alicyclic amines) is 1. The maximum absolute atomic E-state index is 13.3. The Hall–Kier alpha value is -2.41. The van der Waals surface area contributed by atoms with Gasteiger partial charge in [-0.1, -0.05) is 6.42 Å².